The molecule has 0 atom stereocenters. The number of thiophene rings is 1. The van der Waals surface area contributed by atoms with Crippen LogP contribution in [0.25, 0.3) is 0 Å². The second-order valence-corrected chi connectivity index (χ2v) is 9.10. The number of carbonyl (C=O) groups is 1. The zero-order valence-electron chi connectivity index (χ0n) is 15.8. The molecule has 0 radical (unpaired) electrons. The predicted molar refractivity (Wildman–Crippen MR) is 113 cm³/mol. The maximum Gasteiger partial charge on any atom is 0.264 e. The van der Waals surface area contributed by atoms with Gasteiger partial charge in [0.25, 0.3) is 15.9 Å². The number of nitrogens with zero attached hydrogens (tertiary/aromatic N) is 1. The highest BCUT2D eigenvalue weighted by Crippen LogP contribution is 2.23. The standard InChI is InChI=1S/C21H22N2O3S2/c1-3-23(18-7-5-4-6-8-18)28(25,26)19-11-9-17(10-12-19)21(24)22-15-20-16(2)13-14-27-20/h4-14H,3,15H2,1-2H3,(H,22,24). The van der Waals surface area contributed by atoms with Crippen molar-refractivity contribution in [1.29, 1.82) is 0 Å². The first-order valence-electron chi connectivity index (χ1n) is 8.92. The van der Waals surface area contributed by atoms with Crippen LogP contribution in [0, 0.1) is 6.92 Å². The molecular weight excluding hydrogens is 392 g/mol. The zero-order valence-corrected chi connectivity index (χ0v) is 17.4. The number of nitrogens with one attached hydrogen (secondary N) is 1. The molecule has 0 saturated carbocycles. The highest BCUT2D eigenvalue weighted by molar-refractivity contribution is 7.92. The summed E-state index contributed by atoms with van der Waals surface area (Å²) in [6.07, 6.45) is 0. The molecule has 0 unspecified atom stereocenters. The van der Waals surface area contributed by atoms with E-state index in [4.69, 9.17) is 0 Å². The van der Waals surface area contributed by atoms with Crippen LogP contribution < -0.4 is 9.62 Å². The fourth-order valence-corrected chi connectivity index (χ4v) is 5.16. The van der Waals surface area contributed by atoms with Crippen LogP contribution in [0.3, 0.4) is 0 Å². The van der Waals surface area contributed by atoms with E-state index in [9.17, 15) is 13.2 Å². The summed E-state index contributed by atoms with van der Waals surface area (Å²) in [7, 11) is -3.70. The van der Waals surface area contributed by atoms with E-state index in [0.29, 0.717) is 24.3 Å². The Kier molecular flexibility index (Phi) is 6.16. The van der Waals surface area contributed by atoms with Crippen LogP contribution in [0.4, 0.5) is 5.69 Å². The summed E-state index contributed by atoms with van der Waals surface area (Å²) in [6.45, 7) is 4.57. The lowest BCUT2D eigenvalue weighted by atomic mass is 10.2. The van der Waals surface area contributed by atoms with Crippen molar-refractivity contribution < 1.29 is 13.2 Å². The van der Waals surface area contributed by atoms with E-state index in [2.05, 4.69) is 5.32 Å². The molecule has 0 fully saturated rings. The molecule has 28 heavy (non-hydrogen) atoms. The fraction of sp³-hybridized carbons (Fsp3) is 0.190. The minimum Gasteiger partial charge on any atom is -0.347 e. The molecule has 0 saturated heterocycles. The molecule has 7 heteroatoms. The van der Waals surface area contributed by atoms with Crippen LogP contribution >= 0.6 is 11.3 Å². The Morgan fingerprint density at radius 1 is 1.04 bits per heavy atom. The molecule has 3 rings (SSSR count). The molecule has 0 aliphatic rings. The number of amides is 1. The topological polar surface area (TPSA) is 66.5 Å². The third-order valence-corrected chi connectivity index (χ3v) is 7.35. The summed E-state index contributed by atoms with van der Waals surface area (Å²) in [6, 6.07) is 17.0. The number of hydrogen-bond acceptors (Lipinski definition) is 4. The van der Waals surface area contributed by atoms with E-state index in [0.717, 1.165) is 10.4 Å². The predicted octanol–water partition coefficient (Wildman–Crippen LogP) is 4.20. The van der Waals surface area contributed by atoms with Gasteiger partial charge in [0.05, 0.1) is 17.1 Å². The summed E-state index contributed by atoms with van der Waals surface area (Å²) in [5, 5.41) is 4.86. The summed E-state index contributed by atoms with van der Waals surface area (Å²) >= 11 is 1.60. The van der Waals surface area contributed by atoms with Gasteiger partial charge in [-0.15, -0.1) is 11.3 Å². The minimum absolute atomic E-state index is 0.156. The van der Waals surface area contributed by atoms with E-state index in [-0.39, 0.29) is 10.8 Å². The molecular formula is C21H22N2O3S2. The van der Waals surface area contributed by atoms with Gasteiger partial charge < -0.3 is 5.32 Å². The molecule has 0 aliphatic heterocycles. The number of sulfonamides is 1. The van der Waals surface area contributed by atoms with Crippen molar-refractivity contribution in [2.45, 2.75) is 25.3 Å². The first-order valence-corrected chi connectivity index (χ1v) is 11.2. The first kappa shape index (κ1) is 20.1. The van der Waals surface area contributed by atoms with E-state index < -0.39 is 10.0 Å². The van der Waals surface area contributed by atoms with Crippen molar-refractivity contribution >= 4 is 33.0 Å². The van der Waals surface area contributed by atoms with E-state index in [1.165, 1.54) is 16.4 Å². The number of anilines is 1. The SMILES string of the molecule is CCN(c1ccccc1)S(=O)(=O)c1ccc(C(=O)NCc2sccc2C)cc1. The Morgan fingerprint density at radius 2 is 1.71 bits per heavy atom. The first-order chi connectivity index (χ1) is 13.4. The Bertz CT molecular complexity index is 1040. The van der Waals surface area contributed by atoms with E-state index >= 15 is 0 Å². The number of aryl methyl sites for hydroxylation is 1. The van der Waals surface area contributed by atoms with Crippen LogP contribution in [0.15, 0.2) is 70.9 Å². The van der Waals surface area contributed by atoms with Gasteiger partial charge in [-0.1, -0.05) is 18.2 Å². The third kappa shape index (κ3) is 4.26. The van der Waals surface area contributed by atoms with Crippen LogP contribution in [0.5, 0.6) is 0 Å². The Balaban J connectivity index is 1.75. The number of hydrogen-bond donors (Lipinski definition) is 1. The summed E-state index contributed by atoms with van der Waals surface area (Å²) in [4.78, 5) is 13.6. The Hall–Kier alpha value is -2.64. The normalized spacial score (nSPS) is 11.2. The van der Waals surface area contributed by atoms with Gasteiger partial charge in [-0.05, 0) is 67.3 Å². The van der Waals surface area contributed by atoms with Crippen molar-refractivity contribution in [2.24, 2.45) is 0 Å². The lowest BCUT2D eigenvalue weighted by molar-refractivity contribution is 0.0951. The molecule has 1 amide bonds. The quantitative estimate of drug-likeness (QED) is 0.630. The molecule has 2 aromatic carbocycles. The van der Waals surface area contributed by atoms with Gasteiger partial charge in [0.2, 0.25) is 0 Å². The average molecular weight is 415 g/mol. The molecule has 146 valence electrons. The second-order valence-electron chi connectivity index (χ2n) is 6.24. The summed E-state index contributed by atoms with van der Waals surface area (Å²) in [5.41, 5.74) is 2.18. The number of rotatable bonds is 7. The van der Waals surface area contributed by atoms with E-state index in [1.807, 2.05) is 24.4 Å². The monoisotopic (exact) mass is 414 g/mol. The van der Waals surface area contributed by atoms with Crippen LogP contribution in [-0.4, -0.2) is 20.9 Å². The lowest BCUT2D eigenvalue weighted by Gasteiger charge is -2.23. The fourth-order valence-electron chi connectivity index (χ4n) is 2.84. The summed E-state index contributed by atoms with van der Waals surface area (Å²) in [5.74, 6) is -0.229. The van der Waals surface area contributed by atoms with Gasteiger partial charge in [0.1, 0.15) is 0 Å². The van der Waals surface area contributed by atoms with Crippen molar-refractivity contribution in [3.05, 3.63) is 82.0 Å². The van der Waals surface area contributed by atoms with Crippen molar-refractivity contribution in [3.63, 3.8) is 0 Å². The maximum atomic E-state index is 13.0. The van der Waals surface area contributed by atoms with Gasteiger partial charge in [0, 0.05) is 17.0 Å². The molecule has 0 bridgehead atoms. The van der Waals surface area contributed by atoms with Gasteiger partial charge in [-0.25, -0.2) is 8.42 Å². The van der Waals surface area contributed by atoms with Crippen molar-refractivity contribution in [1.82, 2.24) is 5.32 Å². The maximum absolute atomic E-state index is 13.0. The van der Waals surface area contributed by atoms with Crippen molar-refractivity contribution in [2.75, 3.05) is 10.8 Å². The van der Waals surface area contributed by atoms with Gasteiger partial charge in [-0.3, -0.25) is 9.10 Å². The molecule has 1 heterocycles. The minimum atomic E-state index is -3.70. The largest absolute Gasteiger partial charge is 0.347 e. The van der Waals surface area contributed by atoms with Gasteiger partial charge in [-0.2, -0.15) is 0 Å². The molecule has 0 aliphatic carbocycles. The lowest BCUT2D eigenvalue weighted by Crippen LogP contribution is -2.30. The highest BCUT2D eigenvalue weighted by atomic mass is 32.2. The molecule has 3 aromatic rings. The Labute approximate surface area is 169 Å². The number of benzene rings is 2. The Morgan fingerprint density at radius 3 is 2.29 bits per heavy atom. The summed E-state index contributed by atoms with van der Waals surface area (Å²) < 4.78 is 27.3. The van der Waals surface area contributed by atoms with Crippen molar-refractivity contribution in [3.8, 4) is 0 Å². The molecule has 0 spiro atoms. The van der Waals surface area contributed by atoms with Crippen LogP contribution in [0.1, 0.15) is 27.7 Å². The van der Waals surface area contributed by atoms with Crippen LogP contribution in [-0.2, 0) is 16.6 Å². The molecule has 1 N–H and O–H groups in total. The molecule has 5 nitrogen and oxygen atoms in total. The zero-order chi connectivity index (χ0) is 20.1. The molecule has 1 aromatic heterocycles. The third-order valence-electron chi connectivity index (χ3n) is 4.41. The number of carbonyl (C=O) groups excluding carboxylic acids is 1. The average Bonchev–Trinajstić information content (AvgIpc) is 3.12. The highest BCUT2D eigenvalue weighted by Gasteiger charge is 2.23. The van der Waals surface area contributed by atoms with Gasteiger partial charge in [0.15, 0.2) is 0 Å². The number of para-hydroxylation sites is 1. The smallest absolute Gasteiger partial charge is 0.264 e. The van der Waals surface area contributed by atoms with E-state index in [1.54, 1.807) is 54.7 Å². The van der Waals surface area contributed by atoms with Crippen LogP contribution in [0.2, 0.25) is 0 Å². The van der Waals surface area contributed by atoms with Gasteiger partial charge >= 0.3 is 0 Å². The second kappa shape index (κ2) is 8.58.